The van der Waals surface area contributed by atoms with Gasteiger partial charge < -0.3 is 4.74 Å². The SMILES string of the molecule is CCc1cc(C(=O)OC)cc(F)c1Br. The molecule has 0 aliphatic carbocycles. The van der Waals surface area contributed by atoms with Crippen LogP contribution in [0.1, 0.15) is 22.8 Å². The van der Waals surface area contributed by atoms with Gasteiger partial charge in [0.15, 0.2) is 0 Å². The van der Waals surface area contributed by atoms with Gasteiger partial charge in [-0.05, 0) is 40.0 Å². The Hall–Kier alpha value is -0.900. The molecule has 0 spiro atoms. The first-order valence-electron chi connectivity index (χ1n) is 4.16. The number of esters is 1. The molecule has 0 saturated heterocycles. The highest BCUT2D eigenvalue weighted by atomic mass is 79.9. The van der Waals surface area contributed by atoms with Crippen molar-refractivity contribution in [2.75, 3.05) is 7.11 Å². The normalized spacial score (nSPS) is 10.0. The molecule has 0 radical (unpaired) electrons. The van der Waals surface area contributed by atoms with Crippen LogP contribution in [0.2, 0.25) is 0 Å². The van der Waals surface area contributed by atoms with E-state index in [1.165, 1.54) is 7.11 Å². The van der Waals surface area contributed by atoms with Crippen LogP contribution in [0.5, 0.6) is 0 Å². The third-order valence-corrected chi connectivity index (χ3v) is 2.79. The lowest BCUT2D eigenvalue weighted by Gasteiger charge is -2.05. The summed E-state index contributed by atoms with van der Waals surface area (Å²) in [6, 6.07) is 2.79. The molecule has 0 fully saturated rings. The van der Waals surface area contributed by atoms with Crippen molar-refractivity contribution in [3.8, 4) is 0 Å². The number of methoxy groups -OCH3 is 1. The zero-order valence-electron chi connectivity index (χ0n) is 7.93. The molecule has 0 amide bonds. The number of hydrogen-bond donors (Lipinski definition) is 0. The molecule has 0 aliphatic heterocycles. The molecule has 1 aromatic carbocycles. The number of halogens is 2. The van der Waals surface area contributed by atoms with Gasteiger partial charge >= 0.3 is 5.97 Å². The predicted molar refractivity (Wildman–Crippen MR) is 54.8 cm³/mol. The van der Waals surface area contributed by atoms with Crippen LogP contribution in [0.25, 0.3) is 0 Å². The fraction of sp³-hybridized carbons (Fsp3) is 0.300. The smallest absolute Gasteiger partial charge is 0.337 e. The van der Waals surface area contributed by atoms with E-state index >= 15 is 0 Å². The zero-order chi connectivity index (χ0) is 10.7. The molecule has 0 atom stereocenters. The first-order valence-corrected chi connectivity index (χ1v) is 4.95. The summed E-state index contributed by atoms with van der Waals surface area (Å²) in [5.41, 5.74) is 0.996. The summed E-state index contributed by atoms with van der Waals surface area (Å²) in [6.07, 6.45) is 0.655. The molecule has 0 N–H and O–H groups in total. The van der Waals surface area contributed by atoms with Crippen LogP contribution in [0.15, 0.2) is 16.6 Å². The molecule has 0 bridgehead atoms. The average Bonchev–Trinajstić information content (AvgIpc) is 2.20. The molecule has 1 rings (SSSR count). The third-order valence-electron chi connectivity index (χ3n) is 1.91. The Kier molecular flexibility index (Phi) is 3.63. The molecule has 0 aromatic heterocycles. The van der Waals surface area contributed by atoms with Gasteiger partial charge in [0.2, 0.25) is 0 Å². The lowest BCUT2D eigenvalue weighted by Crippen LogP contribution is -2.03. The second kappa shape index (κ2) is 4.55. The van der Waals surface area contributed by atoms with Gasteiger partial charge in [0.1, 0.15) is 5.82 Å². The van der Waals surface area contributed by atoms with Gasteiger partial charge in [-0.2, -0.15) is 0 Å². The van der Waals surface area contributed by atoms with Crippen molar-refractivity contribution in [1.82, 2.24) is 0 Å². The van der Waals surface area contributed by atoms with Gasteiger partial charge in [-0.15, -0.1) is 0 Å². The van der Waals surface area contributed by atoms with E-state index in [1.807, 2.05) is 6.92 Å². The van der Waals surface area contributed by atoms with Crippen molar-refractivity contribution in [1.29, 1.82) is 0 Å². The molecular formula is C10H10BrFO2. The summed E-state index contributed by atoms with van der Waals surface area (Å²) in [6.45, 7) is 1.89. The first kappa shape index (κ1) is 11.2. The van der Waals surface area contributed by atoms with Crippen LogP contribution in [-0.4, -0.2) is 13.1 Å². The van der Waals surface area contributed by atoms with Gasteiger partial charge in [-0.1, -0.05) is 6.92 Å². The van der Waals surface area contributed by atoms with E-state index in [0.29, 0.717) is 10.9 Å². The molecule has 2 nitrogen and oxygen atoms in total. The van der Waals surface area contributed by atoms with Gasteiger partial charge in [0.05, 0.1) is 17.1 Å². The number of aryl methyl sites for hydroxylation is 1. The standard InChI is InChI=1S/C10H10BrFO2/c1-3-6-4-7(10(13)14-2)5-8(12)9(6)11/h4-5H,3H2,1-2H3. The topological polar surface area (TPSA) is 26.3 Å². The van der Waals surface area contributed by atoms with E-state index in [2.05, 4.69) is 20.7 Å². The highest BCUT2D eigenvalue weighted by molar-refractivity contribution is 9.10. The maximum atomic E-state index is 13.3. The van der Waals surface area contributed by atoms with Crippen molar-refractivity contribution in [3.05, 3.63) is 33.5 Å². The number of ether oxygens (including phenoxy) is 1. The minimum atomic E-state index is -0.522. The maximum absolute atomic E-state index is 13.3. The van der Waals surface area contributed by atoms with Gasteiger partial charge in [0.25, 0.3) is 0 Å². The lowest BCUT2D eigenvalue weighted by atomic mass is 10.1. The Bertz CT molecular complexity index is 363. The third kappa shape index (κ3) is 2.12. The van der Waals surface area contributed by atoms with Crippen molar-refractivity contribution in [2.24, 2.45) is 0 Å². The highest BCUT2D eigenvalue weighted by Gasteiger charge is 2.12. The Balaban J connectivity index is 3.22. The van der Waals surface area contributed by atoms with Crippen LogP contribution in [0.4, 0.5) is 4.39 Å². The summed E-state index contributed by atoms with van der Waals surface area (Å²) >= 11 is 3.12. The molecule has 0 aliphatic rings. The first-order chi connectivity index (χ1) is 6.60. The number of benzene rings is 1. The van der Waals surface area contributed by atoms with Crippen LogP contribution < -0.4 is 0 Å². The summed E-state index contributed by atoms with van der Waals surface area (Å²) in [7, 11) is 1.27. The van der Waals surface area contributed by atoms with E-state index in [9.17, 15) is 9.18 Å². The largest absolute Gasteiger partial charge is 0.465 e. The zero-order valence-corrected chi connectivity index (χ0v) is 9.52. The quantitative estimate of drug-likeness (QED) is 0.765. The van der Waals surface area contributed by atoms with Crippen molar-refractivity contribution >= 4 is 21.9 Å². The Morgan fingerprint density at radius 3 is 2.71 bits per heavy atom. The van der Waals surface area contributed by atoms with E-state index < -0.39 is 11.8 Å². The fourth-order valence-electron chi connectivity index (χ4n) is 1.14. The highest BCUT2D eigenvalue weighted by Crippen LogP contribution is 2.23. The molecule has 1 aromatic rings. The second-order valence-electron chi connectivity index (χ2n) is 2.78. The monoisotopic (exact) mass is 260 g/mol. The van der Waals surface area contributed by atoms with E-state index in [4.69, 9.17) is 0 Å². The van der Waals surface area contributed by atoms with Gasteiger partial charge in [0, 0.05) is 0 Å². The number of carbonyl (C=O) groups is 1. The molecule has 0 heterocycles. The molecular weight excluding hydrogens is 251 g/mol. The van der Waals surface area contributed by atoms with Crippen molar-refractivity contribution in [2.45, 2.75) is 13.3 Å². The van der Waals surface area contributed by atoms with E-state index in [-0.39, 0.29) is 5.56 Å². The molecule has 0 saturated carbocycles. The molecule has 0 unspecified atom stereocenters. The molecule has 76 valence electrons. The molecule has 4 heteroatoms. The van der Waals surface area contributed by atoms with Gasteiger partial charge in [-0.25, -0.2) is 9.18 Å². The minimum Gasteiger partial charge on any atom is -0.465 e. The summed E-state index contributed by atoms with van der Waals surface area (Å²) in [4.78, 5) is 11.1. The second-order valence-corrected chi connectivity index (χ2v) is 3.57. The fourth-order valence-corrected chi connectivity index (χ4v) is 1.65. The predicted octanol–water partition coefficient (Wildman–Crippen LogP) is 2.94. The minimum absolute atomic E-state index is 0.241. The molecule has 14 heavy (non-hydrogen) atoms. The summed E-state index contributed by atoms with van der Waals surface area (Å²) in [5, 5.41) is 0. The number of carbonyl (C=O) groups excluding carboxylic acids is 1. The van der Waals surface area contributed by atoms with Crippen molar-refractivity contribution in [3.63, 3.8) is 0 Å². The Morgan fingerprint density at radius 1 is 1.57 bits per heavy atom. The lowest BCUT2D eigenvalue weighted by molar-refractivity contribution is 0.0600. The van der Waals surface area contributed by atoms with Crippen LogP contribution in [0, 0.1) is 5.82 Å². The average molecular weight is 261 g/mol. The van der Waals surface area contributed by atoms with Crippen molar-refractivity contribution < 1.29 is 13.9 Å². The summed E-state index contributed by atoms with van der Waals surface area (Å²) < 4.78 is 18.2. The van der Waals surface area contributed by atoms with Crippen LogP contribution in [0.3, 0.4) is 0 Å². The summed E-state index contributed by atoms with van der Waals surface area (Å²) in [5.74, 6) is -0.962. The van der Waals surface area contributed by atoms with Crippen LogP contribution in [-0.2, 0) is 11.2 Å². The van der Waals surface area contributed by atoms with E-state index in [0.717, 1.165) is 11.6 Å². The number of rotatable bonds is 2. The Labute approximate surface area is 90.2 Å². The number of hydrogen-bond acceptors (Lipinski definition) is 2. The maximum Gasteiger partial charge on any atom is 0.337 e. The Morgan fingerprint density at radius 2 is 2.21 bits per heavy atom. The van der Waals surface area contributed by atoms with Crippen LogP contribution >= 0.6 is 15.9 Å². The van der Waals surface area contributed by atoms with E-state index in [1.54, 1.807) is 6.07 Å². The van der Waals surface area contributed by atoms with Gasteiger partial charge in [-0.3, -0.25) is 0 Å².